The third-order valence-electron chi connectivity index (χ3n) is 5.32. The molecule has 1 aliphatic heterocycles. The largest absolute Gasteiger partial charge is 0.459 e. The van der Waals surface area contributed by atoms with Crippen molar-refractivity contribution in [2.24, 2.45) is 0 Å². The second-order valence-electron chi connectivity index (χ2n) is 7.52. The maximum atomic E-state index is 13.2. The van der Waals surface area contributed by atoms with Gasteiger partial charge in [0, 0.05) is 20.2 Å². The molecule has 0 amide bonds. The molecule has 0 spiro atoms. The van der Waals surface area contributed by atoms with Gasteiger partial charge < -0.3 is 19.2 Å². The number of carbonyl (C=O) groups excluding carboxylic acids is 1. The highest BCUT2D eigenvalue weighted by molar-refractivity contribution is 7.20. The van der Waals surface area contributed by atoms with E-state index in [0.717, 1.165) is 16.9 Å². The number of thiophene rings is 1. The maximum absolute atomic E-state index is 13.2. The van der Waals surface area contributed by atoms with Gasteiger partial charge >= 0.3 is 5.97 Å². The summed E-state index contributed by atoms with van der Waals surface area (Å²) in [5.74, 6) is -0.258. The van der Waals surface area contributed by atoms with Crippen molar-refractivity contribution in [3.05, 3.63) is 62.3 Å². The molecule has 3 aromatic rings. The van der Waals surface area contributed by atoms with E-state index in [1.54, 1.807) is 19.1 Å². The Labute approximate surface area is 187 Å². The van der Waals surface area contributed by atoms with Crippen molar-refractivity contribution in [2.75, 3.05) is 40.0 Å². The third kappa shape index (κ3) is 4.88. The molecule has 32 heavy (non-hydrogen) atoms. The van der Waals surface area contributed by atoms with Crippen LogP contribution in [0.25, 0.3) is 10.2 Å². The van der Waals surface area contributed by atoms with Gasteiger partial charge in [0.15, 0.2) is 0 Å². The average molecular weight is 462 g/mol. The molecule has 1 aromatic carbocycles. The van der Waals surface area contributed by atoms with E-state index < -0.39 is 5.97 Å². The van der Waals surface area contributed by atoms with Crippen LogP contribution in [0.15, 0.2) is 29.1 Å². The summed E-state index contributed by atoms with van der Waals surface area (Å²) >= 11 is 1.15. The standard InChI is InChI=1S/C22H24FN3O5S/c1-13-18-20(27)24-17(25-21(18)32-19(13)22(28)31-10-9-29-2)12-26-7-8-30-16(11-26)14-3-5-15(23)6-4-14/h3-6,16H,7-12H2,1-2H3,(H,24,25,27)/t16-/m0/s1. The van der Waals surface area contributed by atoms with E-state index in [1.165, 1.54) is 19.2 Å². The molecule has 0 unspecified atom stereocenters. The van der Waals surface area contributed by atoms with Crippen molar-refractivity contribution < 1.29 is 23.4 Å². The van der Waals surface area contributed by atoms with Crippen molar-refractivity contribution in [3.8, 4) is 0 Å². The molecule has 0 radical (unpaired) electrons. The number of H-pyrrole nitrogens is 1. The van der Waals surface area contributed by atoms with E-state index in [9.17, 15) is 14.0 Å². The normalized spacial score (nSPS) is 17.0. The number of nitrogens with one attached hydrogen (secondary N) is 1. The Hall–Kier alpha value is -2.66. The number of aryl methyl sites for hydroxylation is 1. The molecule has 1 atom stereocenters. The number of halogens is 1. The molecule has 1 N–H and O–H groups in total. The second kappa shape index (κ2) is 9.86. The molecule has 1 aliphatic rings. The number of nitrogens with zero attached hydrogens (tertiary/aromatic N) is 2. The quantitative estimate of drug-likeness (QED) is 0.427. The molecule has 1 saturated heterocycles. The van der Waals surface area contributed by atoms with E-state index in [-0.39, 0.29) is 24.1 Å². The summed E-state index contributed by atoms with van der Waals surface area (Å²) in [5.41, 5.74) is 1.19. The lowest BCUT2D eigenvalue weighted by Crippen LogP contribution is -2.38. The first-order valence-corrected chi connectivity index (χ1v) is 11.1. The fourth-order valence-corrected chi connectivity index (χ4v) is 4.77. The van der Waals surface area contributed by atoms with Gasteiger partial charge in [-0.15, -0.1) is 11.3 Å². The first kappa shape index (κ1) is 22.5. The van der Waals surface area contributed by atoms with Crippen LogP contribution in [0.4, 0.5) is 4.39 Å². The van der Waals surface area contributed by atoms with Gasteiger partial charge in [0.1, 0.15) is 28.0 Å². The Morgan fingerprint density at radius 1 is 1.34 bits per heavy atom. The lowest BCUT2D eigenvalue weighted by Gasteiger charge is -2.32. The molecule has 4 rings (SSSR count). The molecular formula is C22H24FN3O5S. The van der Waals surface area contributed by atoms with Crippen molar-refractivity contribution in [3.63, 3.8) is 0 Å². The first-order valence-electron chi connectivity index (χ1n) is 10.2. The predicted molar refractivity (Wildman–Crippen MR) is 118 cm³/mol. The Morgan fingerprint density at radius 2 is 2.12 bits per heavy atom. The minimum Gasteiger partial charge on any atom is -0.459 e. The number of aromatic nitrogens is 2. The Balaban J connectivity index is 1.51. The number of fused-ring (bicyclic) bond motifs is 1. The van der Waals surface area contributed by atoms with Gasteiger partial charge in [-0.2, -0.15) is 0 Å². The minimum atomic E-state index is -0.487. The van der Waals surface area contributed by atoms with Gasteiger partial charge in [0.05, 0.1) is 31.2 Å². The van der Waals surface area contributed by atoms with Crippen LogP contribution in [-0.4, -0.2) is 60.9 Å². The van der Waals surface area contributed by atoms with Crippen molar-refractivity contribution in [2.45, 2.75) is 19.6 Å². The second-order valence-corrected chi connectivity index (χ2v) is 8.52. The molecule has 1 fully saturated rings. The highest BCUT2D eigenvalue weighted by atomic mass is 32.1. The molecule has 170 valence electrons. The van der Waals surface area contributed by atoms with Crippen molar-refractivity contribution in [1.82, 2.24) is 14.9 Å². The van der Waals surface area contributed by atoms with Gasteiger partial charge in [0.25, 0.3) is 5.56 Å². The summed E-state index contributed by atoms with van der Waals surface area (Å²) in [6.45, 7) is 4.38. The highest BCUT2D eigenvalue weighted by Crippen LogP contribution is 2.28. The van der Waals surface area contributed by atoms with Crippen LogP contribution in [0.1, 0.15) is 32.7 Å². The van der Waals surface area contributed by atoms with Crippen LogP contribution in [-0.2, 0) is 20.8 Å². The number of esters is 1. The lowest BCUT2D eigenvalue weighted by molar-refractivity contribution is -0.0336. The van der Waals surface area contributed by atoms with Crippen LogP contribution >= 0.6 is 11.3 Å². The summed E-state index contributed by atoms with van der Waals surface area (Å²) in [7, 11) is 1.53. The zero-order valence-corrected chi connectivity index (χ0v) is 18.7. The fourth-order valence-electron chi connectivity index (χ4n) is 3.68. The van der Waals surface area contributed by atoms with E-state index in [2.05, 4.69) is 14.9 Å². The van der Waals surface area contributed by atoms with Crippen LogP contribution < -0.4 is 5.56 Å². The molecule has 0 saturated carbocycles. The predicted octanol–water partition coefficient (Wildman–Crippen LogP) is 2.81. The SMILES string of the molecule is COCCOC(=O)c1sc2nc(CN3CCO[C@H](c4ccc(F)cc4)C3)[nH]c(=O)c2c1C. The molecule has 8 nitrogen and oxygen atoms in total. The summed E-state index contributed by atoms with van der Waals surface area (Å²) in [5, 5.41) is 0.406. The summed E-state index contributed by atoms with van der Waals surface area (Å²) in [4.78, 5) is 35.5. The molecular weight excluding hydrogens is 437 g/mol. The number of hydrogen-bond donors (Lipinski definition) is 1. The van der Waals surface area contributed by atoms with Crippen molar-refractivity contribution >= 4 is 27.5 Å². The van der Waals surface area contributed by atoms with Crippen LogP contribution in [0.2, 0.25) is 0 Å². The number of aromatic amines is 1. The zero-order chi connectivity index (χ0) is 22.7. The number of methoxy groups -OCH3 is 1. The van der Waals surface area contributed by atoms with E-state index in [0.29, 0.717) is 59.3 Å². The Bertz CT molecular complexity index is 1160. The maximum Gasteiger partial charge on any atom is 0.348 e. The van der Waals surface area contributed by atoms with E-state index in [1.807, 2.05) is 0 Å². The lowest BCUT2D eigenvalue weighted by atomic mass is 10.1. The number of rotatable bonds is 7. The smallest absolute Gasteiger partial charge is 0.348 e. The van der Waals surface area contributed by atoms with Gasteiger partial charge in [-0.1, -0.05) is 12.1 Å². The number of ether oxygens (including phenoxy) is 3. The molecule has 0 bridgehead atoms. The highest BCUT2D eigenvalue weighted by Gasteiger charge is 2.24. The Morgan fingerprint density at radius 3 is 2.88 bits per heavy atom. The molecule has 3 heterocycles. The number of carbonyl (C=O) groups is 1. The number of hydrogen-bond acceptors (Lipinski definition) is 8. The van der Waals surface area contributed by atoms with Gasteiger partial charge in [-0.05, 0) is 30.2 Å². The molecule has 2 aromatic heterocycles. The number of morpholine rings is 1. The summed E-state index contributed by atoms with van der Waals surface area (Å²) in [6, 6.07) is 6.28. The van der Waals surface area contributed by atoms with Gasteiger partial charge in [-0.3, -0.25) is 9.69 Å². The van der Waals surface area contributed by atoms with E-state index >= 15 is 0 Å². The molecule has 10 heteroatoms. The van der Waals surface area contributed by atoms with Crippen LogP contribution in [0.3, 0.4) is 0 Å². The topological polar surface area (TPSA) is 93.8 Å². The van der Waals surface area contributed by atoms with Gasteiger partial charge in [-0.25, -0.2) is 14.2 Å². The monoisotopic (exact) mass is 461 g/mol. The Kier molecular flexibility index (Phi) is 6.95. The van der Waals surface area contributed by atoms with Crippen LogP contribution in [0, 0.1) is 12.7 Å². The van der Waals surface area contributed by atoms with Crippen LogP contribution in [0.5, 0.6) is 0 Å². The summed E-state index contributed by atoms with van der Waals surface area (Å²) < 4.78 is 29.1. The first-order chi connectivity index (χ1) is 15.5. The summed E-state index contributed by atoms with van der Waals surface area (Å²) in [6.07, 6.45) is -0.183. The zero-order valence-electron chi connectivity index (χ0n) is 17.9. The molecule has 0 aliphatic carbocycles. The van der Waals surface area contributed by atoms with Crippen molar-refractivity contribution in [1.29, 1.82) is 0 Å². The number of benzene rings is 1. The third-order valence-corrected chi connectivity index (χ3v) is 6.49. The average Bonchev–Trinajstić information content (AvgIpc) is 3.11. The minimum absolute atomic E-state index is 0.143. The van der Waals surface area contributed by atoms with E-state index in [4.69, 9.17) is 14.2 Å². The fraction of sp³-hybridized carbons (Fsp3) is 0.409. The van der Waals surface area contributed by atoms with Gasteiger partial charge in [0.2, 0.25) is 0 Å².